The lowest BCUT2D eigenvalue weighted by Crippen LogP contribution is -2.11. The van der Waals surface area contributed by atoms with E-state index in [1.165, 1.54) is 11.3 Å². The van der Waals surface area contributed by atoms with Crippen molar-refractivity contribution in [2.24, 2.45) is 0 Å². The van der Waals surface area contributed by atoms with Crippen LogP contribution in [0.2, 0.25) is 0 Å². The monoisotopic (exact) mass is 295 g/mol. The van der Waals surface area contributed by atoms with Gasteiger partial charge in [-0.15, -0.1) is 10.2 Å². The van der Waals surface area contributed by atoms with Crippen LogP contribution in [0.4, 0.5) is 5.13 Å². The fourth-order valence-corrected chi connectivity index (χ4v) is 2.50. The predicted octanol–water partition coefficient (Wildman–Crippen LogP) is 2.14. The number of nitrogens with one attached hydrogen (secondary N) is 1. The van der Waals surface area contributed by atoms with Crippen molar-refractivity contribution < 1.29 is 9.32 Å². The molecule has 0 saturated heterocycles. The third kappa shape index (κ3) is 4.37. The number of carbonyl (C=O) groups excluding carboxylic acids is 1. The molecule has 0 aliphatic rings. The van der Waals surface area contributed by atoms with Crippen LogP contribution in [0.15, 0.2) is 4.52 Å². The summed E-state index contributed by atoms with van der Waals surface area (Å²) in [5, 5.41) is 15.9. The van der Waals surface area contributed by atoms with Gasteiger partial charge in [0, 0.05) is 19.3 Å². The molecule has 0 spiro atoms. The van der Waals surface area contributed by atoms with Crippen LogP contribution in [0.1, 0.15) is 42.9 Å². The third-order valence-electron chi connectivity index (χ3n) is 2.54. The molecule has 7 nitrogen and oxygen atoms in total. The highest BCUT2D eigenvalue weighted by atomic mass is 32.1. The highest BCUT2D eigenvalue weighted by Gasteiger charge is 2.09. The molecule has 1 N–H and O–H groups in total. The van der Waals surface area contributed by atoms with Crippen LogP contribution >= 0.6 is 11.3 Å². The predicted molar refractivity (Wildman–Crippen MR) is 74.5 cm³/mol. The topological polar surface area (TPSA) is 93.8 Å². The average molecular weight is 295 g/mol. The summed E-state index contributed by atoms with van der Waals surface area (Å²) in [5.74, 6) is 1.11. The van der Waals surface area contributed by atoms with Crippen molar-refractivity contribution in [1.29, 1.82) is 0 Å². The lowest BCUT2D eigenvalue weighted by molar-refractivity contribution is -0.116. The Bertz CT molecular complexity index is 566. The van der Waals surface area contributed by atoms with Gasteiger partial charge in [-0.2, -0.15) is 4.98 Å². The molecule has 20 heavy (non-hydrogen) atoms. The van der Waals surface area contributed by atoms with E-state index in [0.717, 1.165) is 17.8 Å². The molecule has 2 aromatic heterocycles. The minimum atomic E-state index is -0.0690. The third-order valence-corrected chi connectivity index (χ3v) is 3.44. The minimum absolute atomic E-state index is 0.0690. The van der Waals surface area contributed by atoms with Gasteiger partial charge in [0.15, 0.2) is 5.82 Å². The van der Waals surface area contributed by atoms with Crippen molar-refractivity contribution in [2.75, 3.05) is 5.32 Å². The molecular weight excluding hydrogens is 278 g/mol. The molecule has 0 atom stereocenters. The van der Waals surface area contributed by atoms with Crippen molar-refractivity contribution in [2.45, 2.75) is 46.0 Å². The average Bonchev–Trinajstić information content (AvgIpc) is 3.00. The van der Waals surface area contributed by atoms with Gasteiger partial charge in [0.25, 0.3) is 0 Å². The maximum absolute atomic E-state index is 11.7. The van der Waals surface area contributed by atoms with Crippen LogP contribution in [0.25, 0.3) is 0 Å². The summed E-state index contributed by atoms with van der Waals surface area (Å²) in [6.07, 6.45) is 3.57. The Morgan fingerprint density at radius 3 is 2.90 bits per heavy atom. The molecule has 2 heterocycles. The number of hydrogen-bond donors (Lipinski definition) is 1. The van der Waals surface area contributed by atoms with Crippen molar-refractivity contribution >= 4 is 22.4 Å². The maximum atomic E-state index is 11.7. The number of rotatable bonds is 7. The molecule has 108 valence electrons. The van der Waals surface area contributed by atoms with Crippen LogP contribution in [0, 0.1) is 6.92 Å². The zero-order valence-corrected chi connectivity index (χ0v) is 12.4. The van der Waals surface area contributed by atoms with Crippen LogP contribution < -0.4 is 5.32 Å². The first-order valence-corrected chi connectivity index (χ1v) is 7.40. The van der Waals surface area contributed by atoms with Crippen molar-refractivity contribution in [3.63, 3.8) is 0 Å². The second-order valence-electron chi connectivity index (χ2n) is 4.39. The van der Waals surface area contributed by atoms with E-state index in [9.17, 15) is 4.79 Å². The summed E-state index contributed by atoms with van der Waals surface area (Å²) in [5.41, 5.74) is 0. The molecule has 0 aromatic carbocycles. The smallest absolute Gasteiger partial charge is 0.226 e. The van der Waals surface area contributed by atoms with E-state index in [-0.39, 0.29) is 5.91 Å². The van der Waals surface area contributed by atoms with Gasteiger partial charge in [-0.3, -0.25) is 4.79 Å². The maximum Gasteiger partial charge on any atom is 0.226 e. The van der Waals surface area contributed by atoms with E-state index in [1.807, 2.05) is 0 Å². The van der Waals surface area contributed by atoms with Crippen molar-refractivity contribution in [1.82, 2.24) is 20.3 Å². The summed E-state index contributed by atoms with van der Waals surface area (Å²) >= 11 is 1.42. The van der Waals surface area contributed by atoms with Gasteiger partial charge >= 0.3 is 0 Å². The largest absolute Gasteiger partial charge is 0.339 e. The standard InChI is InChI=1S/C12H17N5O2S/c1-3-5-11-15-16-12(20-11)14-9(18)6-4-7-10-13-8(2)17-19-10/h3-7H2,1-2H3,(H,14,16,18). The number of aryl methyl sites for hydroxylation is 3. The van der Waals surface area contributed by atoms with Gasteiger partial charge in [-0.05, 0) is 19.8 Å². The Morgan fingerprint density at radius 1 is 1.35 bits per heavy atom. The van der Waals surface area contributed by atoms with E-state index in [4.69, 9.17) is 4.52 Å². The Kier molecular flexibility index (Phi) is 5.16. The fourth-order valence-electron chi connectivity index (χ4n) is 1.64. The van der Waals surface area contributed by atoms with E-state index in [1.54, 1.807) is 6.92 Å². The highest BCUT2D eigenvalue weighted by molar-refractivity contribution is 7.15. The minimum Gasteiger partial charge on any atom is -0.339 e. The summed E-state index contributed by atoms with van der Waals surface area (Å²) in [6.45, 7) is 3.85. The van der Waals surface area contributed by atoms with Crippen molar-refractivity contribution in [3.8, 4) is 0 Å². The lowest BCUT2D eigenvalue weighted by atomic mass is 10.2. The van der Waals surface area contributed by atoms with Gasteiger partial charge < -0.3 is 9.84 Å². The quantitative estimate of drug-likeness (QED) is 0.841. The molecule has 0 unspecified atom stereocenters. The van der Waals surface area contributed by atoms with Gasteiger partial charge in [-0.25, -0.2) is 0 Å². The van der Waals surface area contributed by atoms with E-state index in [2.05, 4.69) is 32.6 Å². The van der Waals surface area contributed by atoms with Crippen LogP contribution in [-0.4, -0.2) is 26.2 Å². The van der Waals surface area contributed by atoms with Gasteiger partial charge in [-0.1, -0.05) is 23.4 Å². The van der Waals surface area contributed by atoms with Gasteiger partial charge in [0.05, 0.1) is 0 Å². The molecular formula is C12H17N5O2S. The number of anilines is 1. The number of nitrogens with zero attached hydrogens (tertiary/aromatic N) is 4. The molecule has 0 fully saturated rings. The summed E-state index contributed by atoms with van der Waals surface area (Å²) in [4.78, 5) is 15.8. The van der Waals surface area contributed by atoms with Gasteiger partial charge in [0.1, 0.15) is 5.01 Å². The van der Waals surface area contributed by atoms with Crippen LogP contribution in [-0.2, 0) is 17.6 Å². The Morgan fingerprint density at radius 2 is 2.20 bits per heavy atom. The van der Waals surface area contributed by atoms with Crippen molar-refractivity contribution in [3.05, 3.63) is 16.7 Å². The lowest BCUT2D eigenvalue weighted by Gasteiger charge is -1.99. The molecule has 2 aromatic rings. The Labute approximate surface area is 120 Å². The zero-order valence-electron chi connectivity index (χ0n) is 11.5. The second-order valence-corrected chi connectivity index (χ2v) is 5.45. The van der Waals surface area contributed by atoms with Crippen LogP contribution in [0.5, 0.6) is 0 Å². The number of amides is 1. The molecule has 0 saturated carbocycles. The fraction of sp³-hybridized carbons (Fsp3) is 0.583. The van der Waals surface area contributed by atoms with E-state index >= 15 is 0 Å². The molecule has 0 bridgehead atoms. The Hall–Kier alpha value is -1.83. The second kappa shape index (κ2) is 7.09. The number of hydrogen-bond acceptors (Lipinski definition) is 7. The van der Waals surface area contributed by atoms with E-state index < -0.39 is 0 Å². The first kappa shape index (κ1) is 14.6. The van der Waals surface area contributed by atoms with Gasteiger partial charge in [0.2, 0.25) is 16.9 Å². The SMILES string of the molecule is CCCc1nnc(NC(=O)CCCc2nc(C)no2)s1. The van der Waals surface area contributed by atoms with Crippen LogP contribution in [0.3, 0.4) is 0 Å². The number of aromatic nitrogens is 4. The summed E-state index contributed by atoms with van der Waals surface area (Å²) in [6, 6.07) is 0. The molecule has 8 heteroatoms. The highest BCUT2D eigenvalue weighted by Crippen LogP contribution is 2.16. The molecule has 0 radical (unpaired) electrons. The normalized spacial score (nSPS) is 10.7. The Balaban J connectivity index is 1.71. The number of carbonyl (C=O) groups is 1. The zero-order chi connectivity index (χ0) is 14.4. The molecule has 0 aliphatic heterocycles. The molecule has 1 amide bonds. The molecule has 2 rings (SSSR count). The first-order valence-electron chi connectivity index (χ1n) is 6.58. The summed E-state index contributed by atoms with van der Waals surface area (Å²) < 4.78 is 4.98. The molecule has 0 aliphatic carbocycles. The first-order chi connectivity index (χ1) is 9.67. The summed E-state index contributed by atoms with van der Waals surface area (Å²) in [7, 11) is 0. The van der Waals surface area contributed by atoms with E-state index in [0.29, 0.717) is 36.1 Å².